The molecule has 0 aliphatic heterocycles. The third kappa shape index (κ3) is 2.59. The Morgan fingerprint density at radius 3 is 2.56 bits per heavy atom. The van der Waals surface area contributed by atoms with Gasteiger partial charge in [-0.3, -0.25) is 0 Å². The lowest BCUT2D eigenvalue weighted by Crippen LogP contribution is -2.02. The van der Waals surface area contributed by atoms with Gasteiger partial charge in [0.25, 0.3) is 0 Å². The van der Waals surface area contributed by atoms with Crippen molar-refractivity contribution in [2.75, 3.05) is 12.4 Å². The van der Waals surface area contributed by atoms with Gasteiger partial charge in [-0.15, -0.1) is 0 Å². The number of hydrogen-bond donors (Lipinski definition) is 1. The molecule has 0 aliphatic rings. The van der Waals surface area contributed by atoms with Gasteiger partial charge in [0.2, 0.25) is 0 Å². The Balaban J connectivity index is 2.57. The zero-order valence-corrected chi connectivity index (χ0v) is 13.3. The van der Waals surface area contributed by atoms with Gasteiger partial charge >= 0.3 is 0 Å². The van der Waals surface area contributed by atoms with Crippen molar-refractivity contribution in [1.29, 1.82) is 0 Å². The minimum atomic E-state index is 0.694. The van der Waals surface area contributed by atoms with E-state index in [1.807, 2.05) is 39.1 Å². The highest BCUT2D eigenvalue weighted by atomic mass is 127. The van der Waals surface area contributed by atoms with Crippen LogP contribution < -0.4 is 5.32 Å². The zero-order chi connectivity index (χ0) is 13.3. The fraction of sp³-hybridized carbons (Fsp3) is 0.231. The number of aryl methyl sites for hydroxylation is 2. The number of benzene rings is 1. The first kappa shape index (κ1) is 13.5. The summed E-state index contributed by atoms with van der Waals surface area (Å²) in [5, 5.41) is 3.82. The van der Waals surface area contributed by atoms with Crippen LogP contribution in [0, 0.1) is 17.4 Å². The van der Waals surface area contributed by atoms with Crippen molar-refractivity contribution in [2.24, 2.45) is 0 Å². The van der Waals surface area contributed by atoms with E-state index in [0.717, 1.165) is 31.2 Å². The maximum absolute atomic E-state index is 6.14. The van der Waals surface area contributed by atoms with E-state index in [4.69, 9.17) is 11.6 Å². The summed E-state index contributed by atoms with van der Waals surface area (Å²) in [6.07, 6.45) is 0. The predicted molar refractivity (Wildman–Crippen MR) is 84.2 cm³/mol. The van der Waals surface area contributed by atoms with E-state index in [1.54, 1.807) is 0 Å². The summed E-state index contributed by atoms with van der Waals surface area (Å²) < 4.78 is 1.04. The molecule has 0 bridgehead atoms. The van der Waals surface area contributed by atoms with Crippen LogP contribution in [0.5, 0.6) is 0 Å². The van der Waals surface area contributed by atoms with E-state index < -0.39 is 0 Å². The highest BCUT2D eigenvalue weighted by Crippen LogP contribution is 2.26. The molecule has 0 amide bonds. The zero-order valence-electron chi connectivity index (χ0n) is 10.4. The smallest absolute Gasteiger partial charge is 0.161 e. The Morgan fingerprint density at radius 2 is 1.94 bits per heavy atom. The van der Waals surface area contributed by atoms with Crippen LogP contribution in [0.2, 0.25) is 5.02 Å². The summed E-state index contributed by atoms with van der Waals surface area (Å²) in [6, 6.07) is 5.87. The van der Waals surface area contributed by atoms with Gasteiger partial charge in [-0.2, -0.15) is 0 Å². The maximum atomic E-state index is 6.14. The van der Waals surface area contributed by atoms with Crippen LogP contribution >= 0.6 is 34.2 Å². The lowest BCUT2D eigenvalue weighted by Gasteiger charge is -2.09. The number of hydrogen-bond acceptors (Lipinski definition) is 3. The molecule has 1 aromatic carbocycles. The Morgan fingerprint density at radius 1 is 1.22 bits per heavy atom. The molecule has 1 heterocycles. The molecule has 18 heavy (non-hydrogen) atoms. The minimum absolute atomic E-state index is 0.694. The van der Waals surface area contributed by atoms with Gasteiger partial charge in [0, 0.05) is 17.6 Å². The van der Waals surface area contributed by atoms with E-state index in [-0.39, 0.29) is 0 Å². The molecule has 1 N–H and O–H groups in total. The molecule has 5 heteroatoms. The van der Waals surface area contributed by atoms with Gasteiger partial charge in [0.1, 0.15) is 5.82 Å². The first-order valence-electron chi connectivity index (χ1n) is 5.51. The molecule has 2 aromatic rings. The second kappa shape index (κ2) is 5.40. The number of nitrogens with one attached hydrogen (secondary N) is 1. The summed E-state index contributed by atoms with van der Waals surface area (Å²) in [6.45, 7) is 3.95. The fourth-order valence-corrected chi connectivity index (χ4v) is 2.28. The van der Waals surface area contributed by atoms with Crippen LogP contribution in [0.4, 0.5) is 5.82 Å². The fourth-order valence-electron chi connectivity index (χ4n) is 1.59. The molecular formula is C13H13ClIN3. The number of halogens is 2. The molecule has 3 nitrogen and oxygen atoms in total. The average Bonchev–Trinajstić information content (AvgIpc) is 2.36. The highest BCUT2D eigenvalue weighted by molar-refractivity contribution is 14.1. The first-order valence-corrected chi connectivity index (χ1v) is 6.97. The van der Waals surface area contributed by atoms with Crippen LogP contribution in [-0.2, 0) is 0 Å². The molecular weight excluding hydrogens is 361 g/mol. The van der Waals surface area contributed by atoms with Crippen molar-refractivity contribution in [1.82, 2.24) is 9.97 Å². The molecule has 0 saturated heterocycles. The second-order valence-electron chi connectivity index (χ2n) is 4.01. The van der Waals surface area contributed by atoms with E-state index in [1.165, 1.54) is 0 Å². The van der Waals surface area contributed by atoms with E-state index >= 15 is 0 Å². The molecule has 0 fully saturated rings. The van der Waals surface area contributed by atoms with Crippen molar-refractivity contribution in [2.45, 2.75) is 13.8 Å². The third-order valence-corrected chi connectivity index (χ3v) is 4.38. The lowest BCUT2D eigenvalue weighted by atomic mass is 10.1. The van der Waals surface area contributed by atoms with Gasteiger partial charge in [0.05, 0.1) is 9.26 Å². The van der Waals surface area contributed by atoms with E-state index in [0.29, 0.717) is 5.82 Å². The first-order chi connectivity index (χ1) is 8.52. The largest absolute Gasteiger partial charge is 0.372 e. The summed E-state index contributed by atoms with van der Waals surface area (Å²) in [7, 11) is 1.86. The van der Waals surface area contributed by atoms with Gasteiger partial charge in [-0.1, -0.05) is 23.7 Å². The van der Waals surface area contributed by atoms with Gasteiger partial charge in [-0.05, 0) is 48.1 Å². The number of nitrogens with zero attached hydrogens (tertiary/aromatic N) is 2. The van der Waals surface area contributed by atoms with Crippen LogP contribution in [0.3, 0.4) is 0 Å². The van der Waals surface area contributed by atoms with E-state index in [2.05, 4.69) is 37.9 Å². The van der Waals surface area contributed by atoms with E-state index in [9.17, 15) is 0 Å². The van der Waals surface area contributed by atoms with Crippen molar-refractivity contribution in [3.8, 4) is 11.4 Å². The monoisotopic (exact) mass is 373 g/mol. The van der Waals surface area contributed by atoms with Crippen molar-refractivity contribution >= 4 is 40.0 Å². The predicted octanol–water partition coefficient (Wildman–Crippen LogP) is 4.06. The molecule has 0 radical (unpaired) electrons. The molecule has 2 rings (SSSR count). The lowest BCUT2D eigenvalue weighted by molar-refractivity contribution is 1.09. The van der Waals surface area contributed by atoms with Crippen molar-refractivity contribution in [3.05, 3.63) is 38.0 Å². The Labute approximate surface area is 125 Å². The van der Waals surface area contributed by atoms with Crippen molar-refractivity contribution in [3.63, 3.8) is 0 Å². The second-order valence-corrected chi connectivity index (χ2v) is 5.50. The average molecular weight is 374 g/mol. The van der Waals surface area contributed by atoms with Crippen molar-refractivity contribution < 1.29 is 0 Å². The van der Waals surface area contributed by atoms with Crippen LogP contribution in [0.1, 0.15) is 11.3 Å². The summed E-state index contributed by atoms with van der Waals surface area (Å²) in [4.78, 5) is 9.01. The quantitative estimate of drug-likeness (QED) is 0.807. The number of rotatable bonds is 2. The number of aromatic nitrogens is 2. The summed E-state index contributed by atoms with van der Waals surface area (Å²) in [5.41, 5.74) is 2.94. The highest BCUT2D eigenvalue weighted by Gasteiger charge is 2.10. The molecule has 0 aliphatic carbocycles. The number of anilines is 1. The van der Waals surface area contributed by atoms with Gasteiger partial charge < -0.3 is 5.32 Å². The Bertz CT molecular complexity index is 599. The molecule has 1 aromatic heterocycles. The molecule has 0 spiro atoms. The van der Waals surface area contributed by atoms with Crippen LogP contribution in [0.25, 0.3) is 11.4 Å². The molecule has 0 saturated carbocycles. The maximum Gasteiger partial charge on any atom is 0.161 e. The normalized spacial score (nSPS) is 10.5. The Kier molecular flexibility index (Phi) is 4.07. The van der Waals surface area contributed by atoms with Crippen LogP contribution in [0.15, 0.2) is 18.2 Å². The minimum Gasteiger partial charge on any atom is -0.372 e. The Hall–Kier alpha value is -0.880. The molecule has 0 atom stereocenters. The van der Waals surface area contributed by atoms with Gasteiger partial charge in [-0.25, -0.2) is 9.97 Å². The standard InChI is InChI=1S/C13H13ClIN3/c1-7-4-5-9(6-10(7)14)12-17-8(2)11(15)13(16-3)18-12/h4-6H,1-3H3,(H,16,17,18). The summed E-state index contributed by atoms with van der Waals surface area (Å²) >= 11 is 8.38. The topological polar surface area (TPSA) is 37.8 Å². The van der Waals surface area contributed by atoms with Crippen LogP contribution in [-0.4, -0.2) is 17.0 Å². The third-order valence-electron chi connectivity index (χ3n) is 2.68. The molecule has 94 valence electrons. The SMILES string of the molecule is CNc1nc(-c2ccc(C)c(Cl)c2)nc(C)c1I. The van der Waals surface area contributed by atoms with Gasteiger partial charge in [0.15, 0.2) is 5.82 Å². The molecule has 0 unspecified atom stereocenters. The summed E-state index contributed by atoms with van der Waals surface area (Å²) in [5.74, 6) is 1.54.